The summed E-state index contributed by atoms with van der Waals surface area (Å²) in [6.45, 7) is 5.49. The zero-order valence-corrected chi connectivity index (χ0v) is 11.5. The lowest BCUT2D eigenvalue weighted by molar-refractivity contribution is -0.122. The quantitative estimate of drug-likeness (QED) is 0.872. The number of hydrogen-bond acceptors (Lipinski definition) is 3. The van der Waals surface area contributed by atoms with Gasteiger partial charge in [-0.15, -0.1) is 0 Å². The van der Waals surface area contributed by atoms with Crippen LogP contribution in [0, 0.1) is 5.92 Å². The number of carbonyl (C=O) groups excluding carboxylic acids is 1. The van der Waals surface area contributed by atoms with Crippen molar-refractivity contribution in [3.05, 3.63) is 30.3 Å². The number of aliphatic hydroxyl groups is 1. The molecular formula is C15H22N2O2. The Bertz CT molecular complexity index is 421. The third-order valence-corrected chi connectivity index (χ3v) is 3.86. The first-order chi connectivity index (χ1) is 9.08. The van der Waals surface area contributed by atoms with Gasteiger partial charge in [-0.2, -0.15) is 0 Å². The number of amides is 1. The first-order valence-electron chi connectivity index (χ1n) is 6.86. The molecule has 2 rings (SSSR count). The molecule has 0 spiro atoms. The lowest BCUT2D eigenvalue weighted by Crippen LogP contribution is -2.50. The lowest BCUT2D eigenvalue weighted by atomic mass is 9.95. The summed E-state index contributed by atoms with van der Waals surface area (Å²) < 4.78 is 0. The summed E-state index contributed by atoms with van der Waals surface area (Å²) in [6, 6.07) is 9.32. The van der Waals surface area contributed by atoms with Crippen molar-refractivity contribution in [2.75, 3.05) is 18.4 Å². The van der Waals surface area contributed by atoms with Gasteiger partial charge in [0.05, 0.1) is 12.1 Å². The number of anilines is 1. The van der Waals surface area contributed by atoms with Gasteiger partial charge in [0.1, 0.15) is 0 Å². The molecule has 19 heavy (non-hydrogen) atoms. The van der Waals surface area contributed by atoms with Crippen LogP contribution in [0.5, 0.6) is 0 Å². The summed E-state index contributed by atoms with van der Waals surface area (Å²) in [5.74, 6) is 0.232. The molecule has 1 saturated heterocycles. The molecule has 1 aromatic rings. The van der Waals surface area contributed by atoms with Crippen LogP contribution in [0.1, 0.15) is 20.3 Å². The summed E-state index contributed by atoms with van der Waals surface area (Å²) in [6.07, 6.45) is 0.505. The van der Waals surface area contributed by atoms with Crippen molar-refractivity contribution >= 4 is 11.6 Å². The van der Waals surface area contributed by atoms with Crippen LogP contribution in [0.4, 0.5) is 5.69 Å². The molecule has 0 aromatic heterocycles. The Morgan fingerprint density at radius 1 is 1.42 bits per heavy atom. The summed E-state index contributed by atoms with van der Waals surface area (Å²) in [5.41, 5.74) is 0.824. The fourth-order valence-electron chi connectivity index (χ4n) is 2.45. The third kappa shape index (κ3) is 3.55. The second-order valence-corrected chi connectivity index (χ2v) is 5.36. The SMILES string of the molecule is CC1CN(C(C)C(=O)Nc2ccccc2)CCC1O. The molecule has 1 aliphatic heterocycles. The van der Waals surface area contributed by atoms with Crippen LogP contribution >= 0.6 is 0 Å². The minimum atomic E-state index is -0.236. The van der Waals surface area contributed by atoms with E-state index in [9.17, 15) is 9.90 Å². The third-order valence-electron chi connectivity index (χ3n) is 3.86. The Labute approximate surface area is 114 Å². The number of hydrogen-bond donors (Lipinski definition) is 2. The molecule has 1 amide bonds. The van der Waals surface area contributed by atoms with Crippen LogP contribution in [0.3, 0.4) is 0 Å². The predicted octanol–water partition coefficient (Wildman–Crippen LogP) is 1.72. The number of rotatable bonds is 3. The number of nitrogens with one attached hydrogen (secondary N) is 1. The van der Waals surface area contributed by atoms with Crippen LogP contribution < -0.4 is 5.32 Å². The summed E-state index contributed by atoms with van der Waals surface area (Å²) in [7, 11) is 0. The Hall–Kier alpha value is -1.39. The van der Waals surface area contributed by atoms with Crippen molar-refractivity contribution in [1.82, 2.24) is 4.90 Å². The summed E-state index contributed by atoms with van der Waals surface area (Å²) >= 11 is 0. The molecule has 2 N–H and O–H groups in total. The Balaban J connectivity index is 1.92. The highest BCUT2D eigenvalue weighted by Crippen LogP contribution is 2.19. The van der Waals surface area contributed by atoms with Gasteiger partial charge in [0.2, 0.25) is 5.91 Å². The summed E-state index contributed by atoms with van der Waals surface area (Å²) in [5, 5.41) is 12.6. The molecule has 4 nitrogen and oxygen atoms in total. The van der Waals surface area contributed by atoms with Gasteiger partial charge >= 0.3 is 0 Å². The first kappa shape index (κ1) is 14.0. The topological polar surface area (TPSA) is 52.6 Å². The van der Waals surface area contributed by atoms with Crippen molar-refractivity contribution in [1.29, 1.82) is 0 Å². The minimum absolute atomic E-state index is 0.00906. The average molecular weight is 262 g/mol. The van der Waals surface area contributed by atoms with E-state index in [1.807, 2.05) is 44.2 Å². The summed E-state index contributed by atoms with van der Waals surface area (Å²) in [4.78, 5) is 14.3. The standard InChI is InChI=1S/C15H22N2O2/c1-11-10-17(9-8-14(11)18)12(2)15(19)16-13-6-4-3-5-7-13/h3-7,11-12,14,18H,8-10H2,1-2H3,(H,16,19). The first-order valence-corrected chi connectivity index (χ1v) is 6.86. The van der Waals surface area contributed by atoms with Crippen LogP contribution in [0.15, 0.2) is 30.3 Å². The number of aliphatic hydroxyl groups excluding tert-OH is 1. The van der Waals surface area contributed by atoms with Gasteiger partial charge in [0.15, 0.2) is 0 Å². The maximum atomic E-state index is 12.2. The highest BCUT2D eigenvalue weighted by Gasteiger charge is 2.29. The van der Waals surface area contributed by atoms with Gasteiger partial charge in [-0.1, -0.05) is 25.1 Å². The molecule has 0 saturated carbocycles. The number of carbonyl (C=O) groups is 1. The fourth-order valence-corrected chi connectivity index (χ4v) is 2.45. The van der Waals surface area contributed by atoms with Gasteiger partial charge < -0.3 is 10.4 Å². The van der Waals surface area contributed by atoms with E-state index in [0.29, 0.717) is 0 Å². The molecule has 4 heteroatoms. The largest absolute Gasteiger partial charge is 0.393 e. The maximum Gasteiger partial charge on any atom is 0.241 e. The smallest absolute Gasteiger partial charge is 0.241 e. The second-order valence-electron chi connectivity index (χ2n) is 5.36. The van der Waals surface area contributed by atoms with Crippen molar-refractivity contribution < 1.29 is 9.90 Å². The van der Waals surface area contributed by atoms with E-state index in [0.717, 1.165) is 25.2 Å². The van der Waals surface area contributed by atoms with Crippen molar-refractivity contribution in [3.63, 3.8) is 0 Å². The Morgan fingerprint density at radius 2 is 2.11 bits per heavy atom. The van der Waals surface area contributed by atoms with Crippen molar-refractivity contribution in [2.45, 2.75) is 32.4 Å². The van der Waals surface area contributed by atoms with Gasteiger partial charge in [-0.3, -0.25) is 9.69 Å². The second kappa shape index (κ2) is 6.17. The molecule has 104 valence electrons. The lowest BCUT2D eigenvalue weighted by Gasteiger charge is -2.37. The molecular weight excluding hydrogens is 240 g/mol. The van der Waals surface area contributed by atoms with E-state index in [2.05, 4.69) is 10.2 Å². The maximum absolute atomic E-state index is 12.2. The molecule has 1 fully saturated rings. The predicted molar refractivity (Wildman–Crippen MR) is 75.9 cm³/mol. The van der Waals surface area contributed by atoms with Gasteiger partial charge in [0.25, 0.3) is 0 Å². The Morgan fingerprint density at radius 3 is 2.74 bits per heavy atom. The number of nitrogens with zero attached hydrogens (tertiary/aromatic N) is 1. The van der Waals surface area contributed by atoms with Crippen molar-refractivity contribution in [3.8, 4) is 0 Å². The van der Waals surface area contributed by atoms with Crippen LogP contribution in [0.25, 0.3) is 0 Å². The molecule has 0 radical (unpaired) electrons. The molecule has 3 unspecified atom stereocenters. The molecule has 0 aliphatic carbocycles. The monoisotopic (exact) mass is 262 g/mol. The van der Waals surface area contributed by atoms with E-state index in [1.54, 1.807) is 0 Å². The van der Waals surface area contributed by atoms with E-state index >= 15 is 0 Å². The van der Waals surface area contributed by atoms with Crippen LogP contribution in [-0.2, 0) is 4.79 Å². The van der Waals surface area contributed by atoms with Crippen LogP contribution in [-0.4, -0.2) is 41.1 Å². The molecule has 3 atom stereocenters. The van der Waals surface area contributed by atoms with Crippen LogP contribution in [0.2, 0.25) is 0 Å². The molecule has 1 heterocycles. The van der Waals surface area contributed by atoms with E-state index in [1.165, 1.54) is 0 Å². The average Bonchev–Trinajstić information content (AvgIpc) is 2.42. The normalized spacial score (nSPS) is 25.8. The van der Waals surface area contributed by atoms with Gasteiger partial charge in [0, 0.05) is 18.8 Å². The molecule has 1 aliphatic rings. The Kier molecular flexibility index (Phi) is 4.56. The number of piperidine rings is 1. The number of likely N-dealkylation sites (tertiary alicyclic amines) is 1. The van der Waals surface area contributed by atoms with Crippen molar-refractivity contribution in [2.24, 2.45) is 5.92 Å². The zero-order chi connectivity index (χ0) is 13.8. The van der Waals surface area contributed by atoms with Gasteiger partial charge in [-0.05, 0) is 31.4 Å². The highest BCUT2D eigenvalue weighted by molar-refractivity contribution is 5.94. The van der Waals surface area contributed by atoms with E-state index in [4.69, 9.17) is 0 Å². The fraction of sp³-hybridized carbons (Fsp3) is 0.533. The highest BCUT2D eigenvalue weighted by atomic mass is 16.3. The van der Waals surface area contributed by atoms with E-state index < -0.39 is 0 Å². The van der Waals surface area contributed by atoms with Gasteiger partial charge in [-0.25, -0.2) is 0 Å². The number of benzene rings is 1. The molecule has 1 aromatic carbocycles. The zero-order valence-electron chi connectivity index (χ0n) is 11.5. The minimum Gasteiger partial charge on any atom is -0.393 e. The molecule has 0 bridgehead atoms. The number of para-hydroxylation sites is 1. The van der Waals surface area contributed by atoms with E-state index in [-0.39, 0.29) is 24.0 Å².